The van der Waals surface area contributed by atoms with Crippen LogP contribution in [0.4, 0.5) is 0 Å². The van der Waals surface area contributed by atoms with Gasteiger partial charge in [0.15, 0.2) is 0 Å². The van der Waals surface area contributed by atoms with E-state index in [0.717, 1.165) is 6.42 Å². The fraction of sp³-hybridized carbons (Fsp3) is 0.500. The summed E-state index contributed by atoms with van der Waals surface area (Å²) >= 11 is 0. The molecule has 0 aliphatic rings. The van der Waals surface area contributed by atoms with Gasteiger partial charge in [-0.05, 0) is 19.3 Å². The third-order valence-corrected chi connectivity index (χ3v) is 1.43. The second kappa shape index (κ2) is 9.00. The smallest absolute Gasteiger partial charge is 0.303 e. The summed E-state index contributed by atoms with van der Waals surface area (Å²) in [5.74, 6) is -0.763. The molecule has 13 heavy (non-hydrogen) atoms. The van der Waals surface area contributed by atoms with Gasteiger partial charge >= 0.3 is 5.97 Å². The number of carboxylic acids is 1. The zero-order valence-corrected chi connectivity index (χ0v) is 7.65. The van der Waals surface area contributed by atoms with E-state index in [1.165, 1.54) is 0 Å². The van der Waals surface area contributed by atoms with Gasteiger partial charge in [-0.15, -0.1) is 0 Å². The highest BCUT2D eigenvalue weighted by Gasteiger charge is 1.90. The number of aliphatic hydroxyl groups excluding tert-OH is 1. The van der Waals surface area contributed by atoms with Crippen molar-refractivity contribution in [3.63, 3.8) is 0 Å². The van der Waals surface area contributed by atoms with Crippen molar-refractivity contribution < 1.29 is 15.0 Å². The Bertz CT molecular complexity index is 183. The summed E-state index contributed by atoms with van der Waals surface area (Å²) in [6, 6.07) is 0. The Morgan fingerprint density at radius 2 is 1.69 bits per heavy atom. The zero-order chi connectivity index (χ0) is 9.94. The average molecular weight is 184 g/mol. The van der Waals surface area contributed by atoms with Gasteiger partial charge in [-0.1, -0.05) is 24.3 Å². The monoisotopic (exact) mass is 184 g/mol. The predicted molar refractivity (Wildman–Crippen MR) is 51.5 cm³/mol. The first-order valence-corrected chi connectivity index (χ1v) is 4.40. The molecule has 0 aliphatic heterocycles. The molecule has 0 spiro atoms. The lowest BCUT2D eigenvalue weighted by Crippen LogP contribution is -1.91. The Kier molecular flexibility index (Phi) is 8.25. The van der Waals surface area contributed by atoms with Crippen molar-refractivity contribution >= 4 is 5.97 Å². The average Bonchev–Trinajstić information content (AvgIpc) is 2.09. The van der Waals surface area contributed by atoms with Crippen molar-refractivity contribution in [2.45, 2.75) is 25.7 Å². The van der Waals surface area contributed by atoms with E-state index in [1.807, 2.05) is 24.3 Å². The summed E-state index contributed by atoms with van der Waals surface area (Å²) in [5, 5.41) is 16.7. The summed E-state index contributed by atoms with van der Waals surface area (Å²) in [6.45, 7) is 0.180. The number of hydrogen-bond donors (Lipinski definition) is 2. The van der Waals surface area contributed by atoms with Gasteiger partial charge in [0, 0.05) is 13.0 Å². The number of aliphatic carboxylic acids is 1. The van der Waals surface area contributed by atoms with Gasteiger partial charge in [-0.2, -0.15) is 0 Å². The number of aliphatic hydroxyl groups is 1. The highest BCUT2D eigenvalue weighted by molar-refractivity contribution is 5.66. The van der Waals surface area contributed by atoms with Gasteiger partial charge < -0.3 is 10.2 Å². The van der Waals surface area contributed by atoms with E-state index in [1.54, 1.807) is 0 Å². The highest BCUT2D eigenvalue weighted by Crippen LogP contribution is 1.94. The summed E-state index contributed by atoms with van der Waals surface area (Å²) in [7, 11) is 0. The summed E-state index contributed by atoms with van der Waals surface area (Å²) in [6.07, 6.45) is 9.91. The van der Waals surface area contributed by atoms with Crippen molar-refractivity contribution in [3.8, 4) is 0 Å². The van der Waals surface area contributed by atoms with Crippen molar-refractivity contribution in [3.05, 3.63) is 24.3 Å². The van der Waals surface area contributed by atoms with E-state index in [4.69, 9.17) is 10.2 Å². The minimum absolute atomic E-state index is 0.180. The SMILES string of the molecule is O=C(O)CC/C=C\C/C=C\CCO. The Hall–Kier alpha value is -1.09. The standard InChI is InChI=1S/C10H16O3/c11-9-7-5-3-1-2-4-6-8-10(12)13/h2-5,11H,1,6-9H2,(H,12,13)/b4-2-,5-3-. The molecule has 0 heterocycles. The number of carboxylic acid groups (broad SMARTS) is 1. The van der Waals surface area contributed by atoms with Crippen LogP contribution >= 0.6 is 0 Å². The molecule has 0 aromatic carbocycles. The van der Waals surface area contributed by atoms with Crippen molar-refractivity contribution in [1.29, 1.82) is 0 Å². The van der Waals surface area contributed by atoms with Gasteiger partial charge in [0.05, 0.1) is 0 Å². The largest absolute Gasteiger partial charge is 0.481 e. The Morgan fingerprint density at radius 3 is 2.23 bits per heavy atom. The second-order valence-electron chi connectivity index (χ2n) is 2.62. The third-order valence-electron chi connectivity index (χ3n) is 1.43. The van der Waals surface area contributed by atoms with Gasteiger partial charge in [0.1, 0.15) is 0 Å². The van der Waals surface area contributed by atoms with E-state index < -0.39 is 5.97 Å². The fourth-order valence-corrected chi connectivity index (χ4v) is 0.788. The Morgan fingerprint density at radius 1 is 1.08 bits per heavy atom. The quantitative estimate of drug-likeness (QED) is 0.592. The van der Waals surface area contributed by atoms with Crippen molar-refractivity contribution in [2.75, 3.05) is 6.61 Å². The van der Waals surface area contributed by atoms with Gasteiger partial charge in [0.25, 0.3) is 0 Å². The lowest BCUT2D eigenvalue weighted by molar-refractivity contribution is -0.136. The van der Waals surface area contributed by atoms with Crippen LogP contribution in [-0.4, -0.2) is 22.8 Å². The van der Waals surface area contributed by atoms with Crippen LogP contribution in [0.5, 0.6) is 0 Å². The molecule has 0 aliphatic carbocycles. The molecule has 0 unspecified atom stereocenters. The van der Waals surface area contributed by atoms with Crippen LogP contribution in [0.2, 0.25) is 0 Å². The molecule has 74 valence electrons. The predicted octanol–water partition coefficient (Wildman–Crippen LogP) is 1.74. The summed E-state index contributed by atoms with van der Waals surface area (Å²) < 4.78 is 0. The van der Waals surface area contributed by atoms with Crippen LogP contribution in [0, 0.1) is 0 Å². The second-order valence-corrected chi connectivity index (χ2v) is 2.62. The van der Waals surface area contributed by atoms with Crippen LogP contribution in [-0.2, 0) is 4.79 Å². The molecule has 0 atom stereocenters. The van der Waals surface area contributed by atoms with E-state index in [0.29, 0.717) is 12.8 Å². The molecule has 0 rings (SSSR count). The van der Waals surface area contributed by atoms with Gasteiger partial charge in [-0.25, -0.2) is 0 Å². The summed E-state index contributed by atoms with van der Waals surface area (Å²) in [5.41, 5.74) is 0. The minimum atomic E-state index is -0.763. The molecule has 0 radical (unpaired) electrons. The lowest BCUT2D eigenvalue weighted by atomic mass is 10.2. The first-order chi connectivity index (χ1) is 6.27. The minimum Gasteiger partial charge on any atom is -0.481 e. The number of hydrogen-bond acceptors (Lipinski definition) is 2. The molecule has 0 aromatic heterocycles. The topological polar surface area (TPSA) is 57.5 Å². The molecule has 2 N–H and O–H groups in total. The molecule has 3 heteroatoms. The Balaban J connectivity index is 3.26. The highest BCUT2D eigenvalue weighted by atomic mass is 16.4. The van der Waals surface area contributed by atoms with Crippen LogP contribution in [0.15, 0.2) is 24.3 Å². The maximum atomic E-state index is 10.1. The maximum Gasteiger partial charge on any atom is 0.303 e. The molecule has 0 aromatic rings. The molecule has 0 fully saturated rings. The summed E-state index contributed by atoms with van der Waals surface area (Å²) in [4.78, 5) is 10.1. The lowest BCUT2D eigenvalue weighted by Gasteiger charge is -1.87. The molecule has 0 saturated heterocycles. The zero-order valence-electron chi connectivity index (χ0n) is 7.65. The van der Waals surface area contributed by atoms with E-state index in [2.05, 4.69) is 0 Å². The van der Waals surface area contributed by atoms with Crippen LogP contribution in [0.3, 0.4) is 0 Å². The van der Waals surface area contributed by atoms with Gasteiger partial charge in [-0.3, -0.25) is 4.79 Å². The number of allylic oxidation sites excluding steroid dienone is 3. The van der Waals surface area contributed by atoms with Crippen LogP contribution < -0.4 is 0 Å². The Labute approximate surface area is 78.4 Å². The van der Waals surface area contributed by atoms with Gasteiger partial charge in [0.2, 0.25) is 0 Å². The molecule has 0 bridgehead atoms. The molecule has 0 saturated carbocycles. The van der Waals surface area contributed by atoms with Crippen molar-refractivity contribution in [2.24, 2.45) is 0 Å². The first-order valence-electron chi connectivity index (χ1n) is 4.40. The van der Waals surface area contributed by atoms with E-state index >= 15 is 0 Å². The fourth-order valence-electron chi connectivity index (χ4n) is 0.788. The first kappa shape index (κ1) is 11.9. The molecule has 3 nitrogen and oxygen atoms in total. The normalized spacial score (nSPS) is 11.5. The molecular weight excluding hydrogens is 168 g/mol. The number of carbonyl (C=O) groups is 1. The number of rotatable bonds is 7. The van der Waals surface area contributed by atoms with Crippen LogP contribution in [0.1, 0.15) is 25.7 Å². The third kappa shape index (κ3) is 10.9. The molecular formula is C10H16O3. The molecule has 0 amide bonds. The van der Waals surface area contributed by atoms with Crippen LogP contribution in [0.25, 0.3) is 0 Å². The van der Waals surface area contributed by atoms with E-state index in [9.17, 15) is 4.79 Å². The van der Waals surface area contributed by atoms with Crippen molar-refractivity contribution in [1.82, 2.24) is 0 Å². The van der Waals surface area contributed by atoms with E-state index in [-0.39, 0.29) is 13.0 Å². The maximum absolute atomic E-state index is 10.1.